The van der Waals surface area contributed by atoms with Crippen molar-refractivity contribution in [3.63, 3.8) is 0 Å². The van der Waals surface area contributed by atoms with Crippen molar-refractivity contribution in [1.82, 2.24) is 0 Å². The summed E-state index contributed by atoms with van der Waals surface area (Å²) in [6.45, 7) is 0.472. The maximum atomic E-state index is 13.1. The first-order chi connectivity index (χ1) is 8.56. The van der Waals surface area contributed by atoms with Crippen molar-refractivity contribution in [2.24, 2.45) is 0 Å². The van der Waals surface area contributed by atoms with Crippen LogP contribution in [0.1, 0.15) is 5.56 Å². The molecule has 0 aromatic heterocycles. The summed E-state index contributed by atoms with van der Waals surface area (Å²) in [5.74, 6) is -0.541. The van der Waals surface area contributed by atoms with E-state index in [9.17, 15) is 8.78 Å². The number of nitrogens with one attached hydrogen (secondary N) is 1. The molecule has 0 aliphatic carbocycles. The van der Waals surface area contributed by atoms with Crippen molar-refractivity contribution in [2.45, 2.75) is 6.54 Å². The van der Waals surface area contributed by atoms with Gasteiger partial charge in [0.1, 0.15) is 11.6 Å². The third-order valence-electron chi connectivity index (χ3n) is 2.41. The minimum atomic E-state index is -0.274. The molecular weight excluding hydrogens is 415 g/mol. The van der Waals surface area contributed by atoms with Gasteiger partial charge in [0.2, 0.25) is 0 Å². The van der Waals surface area contributed by atoms with Gasteiger partial charge in [-0.2, -0.15) is 0 Å². The summed E-state index contributed by atoms with van der Waals surface area (Å²) in [6.07, 6.45) is 0. The second-order valence-corrected chi connectivity index (χ2v) is 5.73. The van der Waals surface area contributed by atoms with Crippen molar-refractivity contribution in [2.75, 3.05) is 5.32 Å². The van der Waals surface area contributed by atoms with Gasteiger partial charge in [0.05, 0.1) is 0 Å². The van der Waals surface area contributed by atoms with E-state index >= 15 is 0 Å². The molecule has 0 fully saturated rings. The minimum absolute atomic E-state index is 0.267. The Morgan fingerprint density at radius 3 is 2.44 bits per heavy atom. The van der Waals surface area contributed by atoms with Crippen LogP contribution >= 0.6 is 38.5 Å². The van der Waals surface area contributed by atoms with Crippen LogP contribution in [0.2, 0.25) is 0 Å². The Labute approximate surface area is 126 Å². The highest BCUT2D eigenvalue weighted by Gasteiger charge is 2.04. The van der Waals surface area contributed by atoms with Crippen LogP contribution in [-0.4, -0.2) is 0 Å². The molecule has 0 amide bonds. The van der Waals surface area contributed by atoms with Crippen LogP contribution in [0.3, 0.4) is 0 Å². The summed E-state index contributed by atoms with van der Waals surface area (Å²) in [5, 5.41) is 3.15. The van der Waals surface area contributed by atoms with Gasteiger partial charge in [-0.15, -0.1) is 0 Å². The molecule has 5 heteroatoms. The Morgan fingerprint density at radius 2 is 1.72 bits per heavy atom. The zero-order valence-electron chi connectivity index (χ0n) is 9.18. The van der Waals surface area contributed by atoms with E-state index in [2.05, 4.69) is 43.8 Å². The van der Waals surface area contributed by atoms with E-state index in [0.717, 1.165) is 19.3 Å². The summed E-state index contributed by atoms with van der Waals surface area (Å²) in [4.78, 5) is 0. The molecule has 0 spiro atoms. The van der Waals surface area contributed by atoms with Gasteiger partial charge in [-0.25, -0.2) is 8.78 Å². The van der Waals surface area contributed by atoms with Crippen LogP contribution < -0.4 is 5.32 Å². The molecule has 2 aromatic rings. The Balaban J connectivity index is 2.13. The monoisotopic (exact) mass is 423 g/mol. The lowest BCUT2D eigenvalue weighted by Crippen LogP contribution is -2.02. The molecule has 0 aliphatic heterocycles. The molecule has 0 unspecified atom stereocenters. The average Bonchev–Trinajstić information content (AvgIpc) is 2.32. The van der Waals surface area contributed by atoms with Crippen LogP contribution in [0.5, 0.6) is 0 Å². The second-order valence-electron chi connectivity index (χ2n) is 3.71. The quantitative estimate of drug-likeness (QED) is 0.689. The summed E-state index contributed by atoms with van der Waals surface area (Å²) in [7, 11) is 0. The predicted octanol–water partition coefficient (Wildman–Crippen LogP) is 4.94. The normalized spacial score (nSPS) is 10.4. The molecule has 2 rings (SSSR count). The van der Waals surface area contributed by atoms with Gasteiger partial charge in [-0.05, 0) is 64.6 Å². The first-order valence-corrected chi connectivity index (χ1v) is 7.06. The number of hydrogen-bond acceptors (Lipinski definition) is 1. The molecule has 0 saturated carbocycles. The van der Waals surface area contributed by atoms with Crippen LogP contribution in [0.25, 0.3) is 0 Å². The van der Waals surface area contributed by atoms with E-state index in [0.29, 0.717) is 6.54 Å². The third kappa shape index (κ3) is 3.41. The molecule has 0 heterocycles. The Morgan fingerprint density at radius 1 is 1.06 bits per heavy atom. The number of hydrogen-bond donors (Lipinski definition) is 1. The zero-order valence-corrected chi connectivity index (χ0v) is 12.9. The molecule has 18 heavy (non-hydrogen) atoms. The average molecular weight is 424 g/mol. The molecule has 94 valence electrons. The molecule has 0 aliphatic rings. The van der Waals surface area contributed by atoms with Gasteiger partial charge in [0.15, 0.2) is 0 Å². The highest BCUT2D eigenvalue weighted by Crippen LogP contribution is 2.22. The lowest BCUT2D eigenvalue weighted by molar-refractivity contribution is 0.625. The summed E-state index contributed by atoms with van der Waals surface area (Å²) in [6, 6.07) is 9.05. The molecule has 1 N–H and O–H groups in total. The van der Waals surface area contributed by atoms with E-state index in [-0.39, 0.29) is 11.6 Å². The van der Waals surface area contributed by atoms with E-state index < -0.39 is 0 Å². The van der Waals surface area contributed by atoms with Crippen LogP contribution in [0.15, 0.2) is 40.9 Å². The predicted molar refractivity (Wildman–Crippen MR) is 80.5 cm³/mol. The van der Waals surface area contributed by atoms with Gasteiger partial charge in [-0.3, -0.25) is 0 Å². The number of anilines is 1. The highest BCUT2D eigenvalue weighted by atomic mass is 127. The fourth-order valence-electron chi connectivity index (χ4n) is 1.50. The summed E-state index contributed by atoms with van der Waals surface area (Å²) in [5.41, 5.74) is 1.64. The summed E-state index contributed by atoms with van der Waals surface area (Å²) < 4.78 is 27.7. The van der Waals surface area contributed by atoms with Crippen LogP contribution in [0, 0.1) is 15.2 Å². The van der Waals surface area contributed by atoms with Gasteiger partial charge in [-0.1, -0.05) is 15.9 Å². The van der Waals surface area contributed by atoms with Crippen molar-refractivity contribution in [3.8, 4) is 0 Å². The van der Waals surface area contributed by atoms with Gasteiger partial charge in [0, 0.05) is 20.3 Å². The molecule has 0 radical (unpaired) electrons. The van der Waals surface area contributed by atoms with Crippen molar-refractivity contribution in [3.05, 3.63) is 61.6 Å². The fraction of sp³-hybridized carbons (Fsp3) is 0.0769. The zero-order chi connectivity index (χ0) is 13.1. The second kappa shape index (κ2) is 5.97. The molecular formula is C13H9BrF2IN. The van der Waals surface area contributed by atoms with E-state index in [1.54, 1.807) is 12.1 Å². The molecule has 0 atom stereocenters. The van der Waals surface area contributed by atoms with Crippen molar-refractivity contribution in [1.29, 1.82) is 0 Å². The Hall–Kier alpha value is -0.690. The summed E-state index contributed by atoms with van der Waals surface area (Å²) >= 11 is 5.42. The molecule has 0 bridgehead atoms. The smallest absolute Gasteiger partial charge is 0.124 e. The highest BCUT2D eigenvalue weighted by molar-refractivity contribution is 14.1. The Kier molecular flexibility index (Phi) is 4.55. The molecule has 1 nitrogen and oxygen atoms in total. The van der Waals surface area contributed by atoms with Crippen LogP contribution in [-0.2, 0) is 6.54 Å². The van der Waals surface area contributed by atoms with Crippen LogP contribution in [0.4, 0.5) is 14.5 Å². The van der Waals surface area contributed by atoms with Gasteiger partial charge >= 0.3 is 0 Å². The maximum absolute atomic E-state index is 13.1. The van der Waals surface area contributed by atoms with E-state index in [4.69, 9.17) is 0 Å². The minimum Gasteiger partial charge on any atom is -0.380 e. The topological polar surface area (TPSA) is 12.0 Å². The maximum Gasteiger partial charge on any atom is 0.124 e. The number of halogens is 4. The van der Waals surface area contributed by atoms with Crippen molar-refractivity contribution >= 4 is 44.2 Å². The van der Waals surface area contributed by atoms with Gasteiger partial charge in [0.25, 0.3) is 0 Å². The lowest BCUT2D eigenvalue weighted by Gasteiger charge is -2.10. The first kappa shape index (κ1) is 13.7. The van der Waals surface area contributed by atoms with Gasteiger partial charge < -0.3 is 5.32 Å². The standard InChI is InChI=1S/C13H9BrF2IN/c14-11-3-1-9(15)5-8(11)7-18-13-4-2-10(16)6-12(13)17/h1-6,18H,7H2. The molecule has 2 aromatic carbocycles. The fourth-order valence-corrected chi connectivity index (χ4v) is 2.56. The number of rotatable bonds is 3. The van der Waals surface area contributed by atoms with E-state index in [1.807, 2.05) is 0 Å². The van der Waals surface area contributed by atoms with E-state index in [1.165, 1.54) is 24.3 Å². The largest absolute Gasteiger partial charge is 0.380 e. The third-order valence-corrected chi connectivity index (χ3v) is 4.07. The Bertz CT molecular complexity index is 575. The number of benzene rings is 2. The van der Waals surface area contributed by atoms with Crippen molar-refractivity contribution < 1.29 is 8.78 Å². The SMILES string of the molecule is Fc1ccc(NCc2cc(F)ccc2Br)c(I)c1. The molecule has 0 saturated heterocycles. The first-order valence-electron chi connectivity index (χ1n) is 5.19. The lowest BCUT2D eigenvalue weighted by atomic mass is 10.2.